The van der Waals surface area contributed by atoms with E-state index in [4.69, 9.17) is 20.9 Å². The van der Waals surface area contributed by atoms with Gasteiger partial charge in [0.25, 0.3) is 0 Å². The molecule has 2 aromatic rings. The van der Waals surface area contributed by atoms with Crippen LogP contribution in [0.25, 0.3) is 0 Å². The molecule has 0 aliphatic carbocycles. The first-order chi connectivity index (χ1) is 15.5. The highest BCUT2D eigenvalue weighted by molar-refractivity contribution is 5.70. The van der Waals surface area contributed by atoms with Gasteiger partial charge in [-0.15, -0.1) is 0 Å². The van der Waals surface area contributed by atoms with Crippen LogP contribution in [0.2, 0.25) is 0 Å². The van der Waals surface area contributed by atoms with Gasteiger partial charge < -0.3 is 26.0 Å². The Hall–Kier alpha value is -2.73. The molecule has 0 fully saturated rings. The predicted octanol–water partition coefficient (Wildman–Crippen LogP) is 5.54. The quantitative estimate of drug-likeness (QED) is 0.190. The number of carbonyl (C=O) groups excluding carboxylic acids is 1. The second kappa shape index (κ2) is 14.4. The molecule has 2 aromatic carbocycles. The zero-order valence-electron chi connectivity index (χ0n) is 19.2. The Bertz CT molecular complexity index is 788. The summed E-state index contributed by atoms with van der Waals surface area (Å²) in [5, 5.41) is 10.3. The SMILES string of the molecule is CCCCCCCCCCOc1ccc(C(O)CC(=O)OCc2cc(N)cc(N)c2)cc1. The number of hydrogen-bond acceptors (Lipinski definition) is 6. The standard InChI is InChI=1S/C26H38N2O4/c1-2-3-4-5-6-7-8-9-14-31-24-12-10-21(11-13-24)25(29)18-26(30)32-19-20-15-22(27)17-23(28)16-20/h10-13,15-17,25,29H,2-9,14,18-19,27-28H2,1H3. The summed E-state index contributed by atoms with van der Waals surface area (Å²) in [6.07, 6.45) is 9.05. The van der Waals surface area contributed by atoms with Gasteiger partial charge in [0, 0.05) is 11.4 Å². The topological polar surface area (TPSA) is 108 Å². The molecule has 0 amide bonds. The van der Waals surface area contributed by atoms with Gasteiger partial charge in [-0.1, -0.05) is 64.0 Å². The van der Waals surface area contributed by atoms with Crippen molar-refractivity contribution in [3.8, 4) is 5.75 Å². The maximum atomic E-state index is 12.1. The van der Waals surface area contributed by atoms with Crippen molar-refractivity contribution in [1.29, 1.82) is 0 Å². The molecule has 0 spiro atoms. The lowest BCUT2D eigenvalue weighted by atomic mass is 10.1. The molecular formula is C26H38N2O4. The summed E-state index contributed by atoms with van der Waals surface area (Å²) < 4.78 is 11.0. The van der Waals surface area contributed by atoms with E-state index in [2.05, 4.69) is 6.92 Å². The van der Waals surface area contributed by atoms with Crippen molar-refractivity contribution in [2.45, 2.75) is 77.4 Å². The third kappa shape index (κ3) is 10.1. The van der Waals surface area contributed by atoms with Gasteiger partial charge in [0.2, 0.25) is 0 Å². The van der Waals surface area contributed by atoms with E-state index < -0.39 is 12.1 Å². The van der Waals surface area contributed by atoms with Crippen molar-refractivity contribution >= 4 is 17.3 Å². The molecule has 6 nitrogen and oxygen atoms in total. The Kier molecular flexibility index (Phi) is 11.5. The normalized spacial score (nSPS) is 11.8. The van der Waals surface area contributed by atoms with Crippen molar-refractivity contribution in [3.63, 3.8) is 0 Å². The summed E-state index contributed by atoms with van der Waals surface area (Å²) >= 11 is 0. The van der Waals surface area contributed by atoms with Crippen LogP contribution in [0.15, 0.2) is 42.5 Å². The molecule has 0 heterocycles. The second-order valence-corrected chi connectivity index (χ2v) is 8.28. The minimum absolute atomic E-state index is 0.0618. The summed E-state index contributed by atoms with van der Waals surface area (Å²) in [4.78, 5) is 12.1. The van der Waals surface area contributed by atoms with E-state index in [-0.39, 0.29) is 13.0 Å². The number of anilines is 2. The highest BCUT2D eigenvalue weighted by Crippen LogP contribution is 2.22. The Morgan fingerprint density at radius 3 is 2.12 bits per heavy atom. The van der Waals surface area contributed by atoms with Crippen LogP contribution in [0.1, 0.15) is 81.9 Å². The van der Waals surface area contributed by atoms with E-state index in [1.165, 1.54) is 44.9 Å². The van der Waals surface area contributed by atoms with Crippen molar-refractivity contribution in [2.75, 3.05) is 18.1 Å². The van der Waals surface area contributed by atoms with Gasteiger partial charge in [-0.25, -0.2) is 0 Å². The average molecular weight is 443 g/mol. The van der Waals surface area contributed by atoms with Crippen LogP contribution < -0.4 is 16.2 Å². The van der Waals surface area contributed by atoms with Gasteiger partial charge in [-0.3, -0.25) is 4.79 Å². The number of nitrogen functional groups attached to an aromatic ring is 2. The first-order valence-corrected chi connectivity index (χ1v) is 11.7. The molecule has 0 radical (unpaired) electrons. The lowest BCUT2D eigenvalue weighted by Gasteiger charge is -2.12. The third-order valence-corrected chi connectivity index (χ3v) is 5.33. The van der Waals surface area contributed by atoms with E-state index in [9.17, 15) is 9.90 Å². The minimum atomic E-state index is -0.935. The van der Waals surface area contributed by atoms with Crippen LogP contribution >= 0.6 is 0 Å². The first-order valence-electron chi connectivity index (χ1n) is 11.7. The maximum Gasteiger partial charge on any atom is 0.309 e. The van der Waals surface area contributed by atoms with Gasteiger partial charge in [-0.05, 0) is 47.9 Å². The fourth-order valence-corrected chi connectivity index (χ4v) is 3.54. The molecule has 1 atom stereocenters. The van der Waals surface area contributed by atoms with Crippen molar-refractivity contribution in [2.24, 2.45) is 0 Å². The molecule has 0 saturated carbocycles. The Morgan fingerprint density at radius 2 is 1.50 bits per heavy atom. The molecule has 0 saturated heterocycles. The van der Waals surface area contributed by atoms with Crippen LogP contribution in [0, 0.1) is 0 Å². The first kappa shape index (κ1) is 25.5. The van der Waals surface area contributed by atoms with Crippen molar-refractivity contribution in [3.05, 3.63) is 53.6 Å². The average Bonchev–Trinajstić information content (AvgIpc) is 2.76. The second-order valence-electron chi connectivity index (χ2n) is 8.28. The molecule has 176 valence electrons. The molecule has 0 aromatic heterocycles. The van der Waals surface area contributed by atoms with E-state index >= 15 is 0 Å². The lowest BCUT2D eigenvalue weighted by Crippen LogP contribution is -2.10. The number of rotatable bonds is 15. The molecule has 0 bridgehead atoms. The van der Waals surface area contributed by atoms with Crippen LogP contribution in [-0.2, 0) is 16.1 Å². The monoisotopic (exact) mass is 442 g/mol. The summed E-state index contributed by atoms with van der Waals surface area (Å²) in [6.45, 7) is 2.99. The molecular weight excluding hydrogens is 404 g/mol. The molecule has 32 heavy (non-hydrogen) atoms. The fourth-order valence-electron chi connectivity index (χ4n) is 3.54. The number of unbranched alkanes of at least 4 members (excludes halogenated alkanes) is 7. The smallest absolute Gasteiger partial charge is 0.309 e. The zero-order chi connectivity index (χ0) is 23.2. The number of nitrogens with two attached hydrogens (primary N) is 2. The van der Waals surface area contributed by atoms with Crippen LogP contribution in [0.5, 0.6) is 5.75 Å². The summed E-state index contributed by atoms with van der Waals surface area (Å²) in [5.74, 6) is 0.277. The number of esters is 1. The van der Waals surface area contributed by atoms with Crippen LogP contribution in [0.3, 0.4) is 0 Å². The lowest BCUT2D eigenvalue weighted by molar-refractivity contribution is -0.147. The predicted molar refractivity (Wildman–Crippen MR) is 129 cm³/mol. The number of ether oxygens (including phenoxy) is 2. The Balaban J connectivity index is 1.64. The number of carbonyl (C=O) groups is 1. The zero-order valence-corrected chi connectivity index (χ0v) is 19.2. The van der Waals surface area contributed by atoms with Crippen molar-refractivity contribution < 1.29 is 19.4 Å². The van der Waals surface area contributed by atoms with Gasteiger partial charge in [0.05, 0.1) is 19.1 Å². The van der Waals surface area contributed by atoms with Gasteiger partial charge in [-0.2, -0.15) is 0 Å². The number of aliphatic hydroxyl groups excluding tert-OH is 1. The Morgan fingerprint density at radius 1 is 0.906 bits per heavy atom. The van der Waals surface area contributed by atoms with Gasteiger partial charge in [0.15, 0.2) is 0 Å². The van der Waals surface area contributed by atoms with Crippen LogP contribution in [-0.4, -0.2) is 17.7 Å². The molecule has 0 aliphatic rings. The number of hydrogen-bond donors (Lipinski definition) is 3. The van der Waals surface area contributed by atoms with E-state index in [1.54, 1.807) is 30.3 Å². The third-order valence-electron chi connectivity index (χ3n) is 5.33. The van der Waals surface area contributed by atoms with E-state index in [1.807, 2.05) is 12.1 Å². The van der Waals surface area contributed by atoms with E-state index in [0.29, 0.717) is 29.1 Å². The molecule has 1 unspecified atom stereocenters. The summed E-state index contributed by atoms with van der Waals surface area (Å²) in [7, 11) is 0. The molecule has 6 heteroatoms. The molecule has 5 N–H and O–H groups in total. The largest absolute Gasteiger partial charge is 0.494 e. The Labute approximate surface area is 191 Å². The van der Waals surface area contributed by atoms with Crippen molar-refractivity contribution in [1.82, 2.24) is 0 Å². The van der Waals surface area contributed by atoms with E-state index in [0.717, 1.165) is 12.2 Å². The van der Waals surface area contributed by atoms with Gasteiger partial charge >= 0.3 is 5.97 Å². The maximum absolute atomic E-state index is 12.1. The summed E-state index contributed by atoms with van der Waals surface area (Å²) in [5.41, 5.74) is 13.9. The van der Waals surface area contributed by atoms with Gasteiger partial charge in [0.1, 0.15) is 12.4 Å². The number of aliphatic hydroxyl groups is 1. The number of benzene rings is 2. The fraction of sp³-hybridized carbons (Fsp3) is 0.500. The van der Waals surface area contributed by atoms with Crippen LogP contribution in [0.4, 0.5) is 11.4 Å². The molecule has 0 aliphatic heterocycles. The summed E-state index contributed by atoms with van der Waals surface area (Å²) in [6, 6.07) is 12.2. The highest BCUT2D eigenvalue weighted by Gasteiger charge is 2.14. The minimum Gasteiger partial charge on any atom is -0.494 e. The highest BCUT2D eigenvalue weighted by atomic mass is 16.5. The molecule has 2 rings (SSSR count).